The van der Waals surface area contributed by atoms with Crippen LogP contribution in [-0.4, -0.2) is 20.9 Å². The van der Waals surface area contributed by atoms with Crippen molar-refractivity contribution in [3.05, 3.63) is 73.8 Å². The summed E-state index contributed by atoms with van der Waals surface area (Å²) in [6.45, 7) is 1.36. The summed E-state index contributed by atoms with van der Waals surface area (Å²) < 4.78 is 4.96. The average molecular weight is 344 g/mol. The second-order valence-electron chi connectivity index (χ2n) is 4.94. The number of nitro benzene ring substituents is 2. The molecule has 2 aromatic rings. The van der Waals surface area contributed by atoms with Crippen LogP contribution in [0.1, 0.15) is 11.1 Å². The molecule has 9 nitrogen and oxygen atoms in total. The molecule has 2 rings (SSSR count). The molecule has 0 heterocycles. The maximum Gasteiger partial charge on any atom is 0.336 e. The summed E-state index contributed by atoms with van der Waals surface area (Å²) in [4.78, 5) is 32.1. The minimum absolute atomic E-state index is 0.0518. The molecular formula is C16H12N2O7. The van der Waals surface area contributed by atoms with Crippen LogP contribution in [0.5, 0.6) is 11.5 Å². The Morgan fingerprint density at radius 2 is 1.84 bits per heavy atom. The Balaban J connectivity index is 2.30. The molecule has 2 aromatic carbocycles. The fourth-order valence-electron chi connectivity index (χ4n) is 2.03. The molecule has 0 aliphatic rings. The monoisotopic (exact) mass is 344 g/mol. The Morgan fingerprint density at radius 3 is 2.44 bits per heavy atom. The highest BCUT2D eigenvalue weighted by Gasteiger charge is 2.25. The number of carbonyl (C=O) groups excluding carboxylic acids is 1. The Hall–Kier alpha value is -3.75. The number of benzene rings is 2. The normalized spacial score (nSPS) is 10.6. The van der Waals surface area contributed by atoms with E-state index >= 15 is 0 Å². The largest absolute Gasteiger partial charge is 0.507 e. The molecule has 1 N–H and O–H groups in total. The van der Waals surface area contributed by atoms with Crippen LogP contribution in [0.25, 0.3) is 6.08 Å². The van der Waals surface area contributed by atoms with Gasteiger partial charge in [-0.05, 0) is 19.1 Å². The van der Waals surface area contributed by atoms with E-state index in [1.165, 1.54) is 19.1 Å². The fraction of sp³-hybridized carbons (Fsp3) is 0.0625. The van der Waals surface area contributed by atoms with E-state index in [9.17, 15) is 30.1 Å². The van der Waals surface area contributed by atoms with Crippen LogP contribution < -0.4 is 4.74 Å². The van der Waals surface area contributed by atoms with Gasteiger partial charge in [-0.15, -0.1) is 0 Å². The van der Waals surface area contributed by atoms with Gasteiger partial charge >= 0.3 is 11.7 Å². The van der Waals surface area contributed by atoms with Gasteiger partial charge in [0, 0.05) is 23.3 Å². The number of phenols is 1. The van der Waals surface area contributed by atoms with Gasteiger partial charge in [-0.1, -0.05) is 18.2 Å². The standard InChI is InChI=1S/C16H12N2O7/c1-10-8-12(17(21)22)9-13(18(23)24)16(10)25-15(20)7-6-11-4-2-3-5-14(11)19/h2-9,19H,1H3/b7-6+. The summed E-state index contributed by atoms with van der Waals surface area (Å²) in [7, 11) is 0. The summed E-state index contributed by atoms with van der Waals surface area (Å²) >= 11 is 0. The number of phenolic OH excluding ortho intramolecular Hbond substituents is 1. The number of hydrogen-bond donors (Lipinski definition) is 1. The van der Waals surface area contributed by atoms with E-state index in [2.05, 4.69) is 0 Å². The molecule has 0 saturated carbocycles. The van der Waals surface area contributed by atoms with Gasteiger partial charge in [0.2, 0.25) is 5.75 Å². The van der Waals surface area contributed by atoms with Crippen LogP contribution in [-0.2, 0) is 4.79 Å². The fourth-order valence-corrected chi connectivity index (χ4v) is 2.03. The number of nitro groups is 2. The first-order valence-corrected chi connectivity index (χ1v) is 6.91. The van der Waals surface area contributed by atoms with E-state index in [-0.39, 0.29) is 17.1 Å². The number of hydrogen-bond acceptors (Lipinski definition) is 7. The van der Waals surface area contributed by atoms with Gasteiger partial charge in [-0.3, -0.25) is 20.2 Å². The number of aromatic hydroxyl groups is 1. The van der Waals surface area contributed by atoms with Crippen molar-refractivity contribution in [2.24, 2.45) is 0 Å². The minimum atomic E-state index is -0.927. The van der Waals surface area contributed by atoms with Crippen molar-refractivity contribution in [1.29, 1.82) is 0 Å². The number of ether oxygens (including phenoxy) is 1. The SMILES string of the molecule is Cc1cc([N+](=O)[O-])cc([N+](=O)[O-])c1OC(=O)/C=C/c1ccccc1O. The highest BCUT2D eigenvalue weighted by atomic mass is 16.6. The second-order valence-corrected chi connectivity index (χ2v) is 4.94. The topological polar surface area (TPSA) is 133 Å². The molecule has 128 valence electrons. The number of carbonyl (C=O) groups is 1. The molecule has 0 aliphatic carbocycles. The minimum Gasteiger partial charge on any atom is -0.507 e. The first-order valence-electron chi connectivity index (χ1n) is 6.91. The average Bonchev–Trinajstić information content (AvgIpc) is 2.55. The van der Waals surface area contributed by atoms with Crippen molar-refractivity contribution in [2.45, 2.75) is 6.92 Å². The van der Waals surface area contributed by atoms with Crippen LogP contribution in [0.4, 0.5) is 11.4 Å². The number of nitrogens with zero attached hydrogens (tertiary/aromatic N) is 2. The molecule has 0 radical (unpaired) electrons. The third-order valence-electron chi connectivity index (χ3n) is 3.19. The van der Waals surface area contributed by atoms with Gasteiger partial charge in [0.15, 0.2) is 0 Å². The van der Waals surface area contributed by atoms with E-state index < -0.39 is 27.2 Å². The third kappa shape index (κ3) is 4.16. The quantitative estimate of drug-likeness (QED) is 0.289. The summed E-state index contributed by atoms with van der Waals surface area (Å²) in [5.74, 6) is -1.35. The van der Waals surface area contributed by atoms with Gasteiger partial charge in [0.05, 0.1) is 15.9 Å². The lowest BCUT2D eigenvalue weighted by Gasteiger charge is -2.06. The van der Waals surface area contributed by atoms with E-state index in [4.69, 9.17) is 4.74 Å². The lowest BCUT2D eigenvalue weighted by Crippen LogP contribution is -2.08. The lowest BCUT2D eigenvalue weighted by molar-refractivity contribution is -0.394. The predicted molar refractivity (Wildman–Crippen MR) is 87.3 cm³/mol. The van der Waals surface area contributed by atoms with Crippen LogP contribution >= 0.6 is 0 Å². The Labute approximate surface area is 141 Å². The molecule has 0 aromatic heterocycles. The number of rotatable bonds is 5. The van der Waals surface area contributed by atoms with Crippen LogP contribution in [0, 0.1) is 27.2 Å². The van der Waals surface area contributed by atoms with Crippen LogP contribution in [0.15, 0.2) is 42.5 Å². The van der Waals surface area contributed by atoms with Crippen molar-refractivity contribution in [2.75, 3.05) is 0 Å². The molecule has 0 spiro atoms. The predicted octanol–water partition coefficient (Wildman–Crippen LogP) is 3.14. The highest BCUT2D eigenvalue weighted by molar-refractivity contribution is 5.90. The van der Waals surface area contributed by atoms with Crippen molar-refractivity contribution in [3.8, 4) is 11.5 Å². The Kier molecular flexibility index (Phi) is 5.08. The summed E-state index contributed by atoms with van der Waals surface area (Å²) in [5.41, 5.74) is -0.732. The maximum absolute atomic E-state index is 11.9. The van der Waals surface area contributed by atoms with E-state index in [1.54, 1.807) is 18.2 Å². The lowest BCUT2D eigenvalue weighted by atomic mass is 10.1. The summed E-state index contributed by atoms with van der Waals surface area (Å²) in [6, 6.07) is 8.03. The number of aryl methyl sites for hydroxylation is 1. The first kappa shape index (κ1) is 17.6. The van der Waals surface area contributed by atoms with Crippen molar-refractivity contribution >= 4 is 23.4 Å². The maximum atomic E-state index is 11.9. The van der Waals surface area contributed by atoms with Gasteiger partial charge in [-0.25, -0.2) is 4.79 Å². The van der Waals surface area contributed by atoms with Crippen LogP contribution in [0.2, 0.25) is 0 Å². The van der Waals surface area contributed by atoms with E-state index in [0.717, 1.165) is 18.2 Å². The highest BCUT2D eigenvalue weighted by Crippen LogP contribution is 2.35. The summed E-state index contributed by atoms with van der Waals surface area (Å²) in [5, 5.41) is 31.5. The number of esters is 1. The zero-order chi connectivity index (χ0) is 18.6. The number of non-ortho nitro benzene ring substituents is 1. The van der Waals surface area contributed by atoms with Gasteiger partial charge in [-0.2, -0.15) is 0 Å². The van der Waals surface area contributed by atoms with E-state index in [0.29, 0.717) is 5.56 Å². The van der Waals surface area contributed by atoms with Crippen LogP contribution in [0.3, 0.4) is 0 Å². The van der Waals surface area contributed by atoms with E-state index in [1.807, 2.05) is 0 Å². The molecular weight excluding hydrogens is 332 g/mol. The third-order valence-corrected chi connectivity index (χ3v) is 3.19. The van der Waals surface area contributed by atoms with Crippen molar-refractivity contribution in [3.63, 3.8) is 0 Å². The molecule has 25 heavy (non-hydrogen) atoms. The van der Waals surface area contributed by atoms with Gasteiger partial charge in [0.1, 0.15) is 5.75 Å². The molecule has 0 unspecified atom stereocenters. The Morgan fingerprint density at radius 1 is 1.16 bits per heavy atom. The molecule has 9 heteroatoms. The van der Waals surface area contributed by atoms with Gasteiger partial charge < -0.3 is 9.84 Å². The molecule has 0 bridgehead atoms. The Bertz CT molecular complexity index is 890. The zero-order valence-electron chi connectivity index (χ0n) is 12.9. The van der Waals surface area contributed by atoms with Crippen molar-refractivity contribution < 1.29 is 24.5 Å². The van der Waals surface area contributed by atoms with Gasteiger partial charge in [0.25, 0.3) is 5.69 Å². The van der Waals surface area contributed by atoms with Crippen molar-refractivity contribution in [1.82, 2.24) is 0 Å². The molecule has 0 fully saturated rings. The number of para-hydroxylation sites is 1. The molecule has 0 aliphatic heterocycles. The summed E-state index contributed by atoms with van der Waals surface area (Å²) in [6.07, 6.45) is 2.27. The second kappa shape index (κ2) is 7.21. The smallest absolute Gasteiger partial charge is 0.336 e. The molecule has 0 amide bonds. The molecule has 0 atom stereocenters. The molecule has 0 saturated heterocycles. The first-order chi connectivity index (χ1) is 11.8. The zero-order valence-corrected chi connectivity index (χ0v) is 12.9.